The molecule has 3 rings (SSSR count). The van der Waals surface area contributed by atoms with Gasteiger partial charge in [-0.25, -0.2) is 4.39 Å². The molecule has 0 saturated heterocycles. The van der Waals surface area contributed by atoms with Crippen molar-refractivity contribution in [3.8, 4) is 17.6 Å². The van der Waals surface area contributed by atoms with Gasteiger partial charge in [-0.1, -0.05) is 19.1 Å². The molecule has 1 amide bonds. The number of hydrogen-bond donors (Lipinski definition) is 1. The number of ether oxygens (including phenoxy) is 2. The number of amides is 1. The minimum absolute atomic E-state index is 0.0818. The molecule has 3 aromatic carbocycles. The third-order valence-electron chi connectivity index (χ3n) is 4.85. The summed E-state index contributed by atoms with van der Waals surface area (Å²) in [6.07, 6.45) is -0.913. The van der Waals surface area contributed by atoms with E-state index in [2.05, 4.69) is 30.0 Å². The van der Waals surface area contributed by atoms with Crippen LogP contribution in [-0.4, -0.2) is 31.4 Å². The van der Waals surface area contributed by atoms with Gasteiger partial charge in [-0.2, -0.15) is 5.26 Å². The van der Waals surface area contributed by atoms with Gasteiger partial charge in [-0.3, -0.25) is 9.79 Å². The Morgan fingerprint density at radius 2 is 1.89 bits per heavy atom. The summed E-state index contributed by atoms with van der Waals surface area (Å²) < 4.78 is 25.0. The van der Waals surface area contributed by atoms with Crippen molar-refractivity contribution in [1.29, 1.82) is 5.26 Å². The molecule has 0 spiro atoms. The zero-order chi connectivity index (χ0) is 25.2. The van der Waals surface area contributed by atoms with Crippen LogP contribution in [0.4, 0.5) is 10.1 Å². The molecule has 0 aliphatic rings. The smallest absolute Gasteiger partial charge is 0.266 e. The lowest BCUT2D eigenvalue weighted by Crippen LogP contribution is -2.32. The van der Waals surface area contributed by atoms with E-state index in [1.165, 1.54) is 31.0 Å². The lowest BCUT2D eigenvalue weighted by atomic mass is 10.1. The summed E-state index contributed by atoms with van der Waals surface area (Å²) in [6.45, 7) is 5.55. The molecule has 0 saturated carbocycles. The molecule has 35 heavy (non-hydrogen) atoms. The van der Waals surface area contributed by atoms with Crippen LogP contribution in [0.15, 0.2) is 75.4 Å². The molecular formula is C26H24FN3O3S2. The first-order valence-corrected chi connectivity index (χ1v) is 12.6. The van der Waals surface area contributed by atoms with Gasteiger partial charge in [0.1, 0.15) is 5.75 Å². The first-order valence-electron chi connectivity index (χ1n) is 10.6. The van der Waals surface area contributed by atoms with Crippen molar-refractivity contribution in [1.82, 2.24) is 5.32 Å². The summed E-state index contributed by atoms with van der Waals surface area (Å²) in [5, 5.41) is 11.9. The summed E-state index contributed by atoms with van der Waals surface area (Å²) >= 11 is 2.97. The number of methoxy groups -OCH3 is 1. The van der Waals surface area contributed by atoms with Crippen LogP contribution in [0.25, 0.3) is 0 Å². The number of nitrogens with one attached hydrogen (secondary N) is 1. The van der Waals surface area contributed by atoms with Crippen LogP contribution < -0.4 is 14.8 Å². The number of benzene rings is 3. The summed E-state index contributed by atoms with van der Waals surface area (Å²) in [4.78, 5) is 18.7. The minimum Gasteiger partial charge on any atom is -0.494 e. The molecule has 1 atom stereocenters. The zero-order valence-electron chi connectivity index (χ0n) is 19.3. The van der Waals surface area contributed by atoms with E-state index in [9.17, 15) is 9.18 Å². The predicted octanol–water partition coefficient (Wildman–Crippen LogP) is 6.14. The fourth-order valence-corrected chi connectivity index (χ4v) is 4.61. The van der Waals surface area contributed by atoms with Gasteiger partial charge >= 0.3 is 0 Å². The predicted molar refractivity (Wildman–Crippen MR) is 138 cm³/mol. The maximum Gasteiger partial charge on any atom is 0.266 e. The molecule has 0 fully saturated rings. The van der Waals surface area contributed by atoms with Gasteiger partial charge in [-0.05, 0) is 54.9 Å². The maximum atomic E-state index is 14.0. The van der Waals surface area contributed by atoms with Crippen molar-refractivity contribution >= 4 is 41.8 Å². The lowest BCUT2D eigenvalue weighted by molar-refractivity contribution is -0.127. The van der Waals surface area contributed by atoms with Crippen LogP contribution in [0.5, 0.6) is 11.5 Å². The van der Waals surface area contributed by atoms with Crippen molar-refractivity contribution in [2.75, 3.05) is 18.7 Å². The SMILES string of the molecule is C=Nc1cc(F)c(OC)cc1SCNC(=O)C(Oc1ccc(C#N)cc1)c1ccc(SCC)cc1. The minimum atomic E-state index is -0.913. The van der Waals surface area contributed by atoms with E-state index >= 15 is 0 Å². The molecule has 0 bridgehead atoms. The van der Waals surface area contributed by atoms with Gasteiger partial charge in [0.15, 0.2) is 11.6 Å². The maximum absolute atomic E-state index is 14.0. The Bertz CT molecular complexity index is 1210. The quantitative estimate of drug-likeness (QED) is 0.190. The molecule has 3 aromatic rings. The van der Waals surface area contributed by atoms with Crippen molar-refractivity contribution in [2.24, 2.45) is 4.99 Å². The molecule has 0 aliphatic heterocycles. The second-order valence-corrected chi connectivity index (χ2v) is 9.43. The van der Waals surface area contributed by atoms with Gasteiger partial charge in [0.2, 0.25) is 6.10 Å². The zero-order valence-corrected chi connectivity index (χ0v) is 20.9. The number of hydrogen-bond acceptors (Lipinski definition) is 7. The molecule has 1 unspecified atom stereocenters. The number of thioether (sulfide) groups is 2. The Hall–Kier alpha value is -3.48. The van der Waals surface area contributed by atoms with Gasteiger partial charge in [-0.15, -0.1) is 23.5 Å². The lowest BCUT2D eigenvalue weighted by Gasteiger charge is -2.20. The van der Waals surface area contributed by atoms with Crippen LogP contribution in [0.3, 0.4) is 0 Å². The molecule has 0 aromatic heterocycles. The highest BCUT2D eigenvalue weighted by atomic mass is 32.2. The summed E-state index contributed by atoms with van der Waals surface area (Å²) in [5.74, 6) is 0.790. The summed E-state index contributed by atoms with van der Waals surface area (Å²) in [5.41, 5.74) is 1.54. The third-order valence-corrected chi connectivity index (χ3v) is 6.67. The van der Waals surface area contributed by atoms with E-state index in [4.69, 9.17) is 14.7 Å². The molecular weight excluding hydrogens is 485 g/mol. The monoisotopic (exact) mass is 509 g/mol. The summed E-state index contributed by atoms with van der Waals surface area (Å²) in [7, 11) is 1.38. The molecule has 180 valence electrons. The Kier molecular flexibility index (Phi) is 9.58. The van der Waals surface area contributed by atoms with E-state index in [1.807, 2.05) is 24.3 Å². The standard InChI is InChI=1S/C26H24FN3O3S2/c1-4-34-20-11-7-18(8-12-20)25(33-19-9-5-17(15-28)6-10-19)26(31)30-16-35-24-14-23(32-3)21(27)13-22(24)29-2/h5-14,25H,2,4,16H2,1,3H3,(H,30,31). The number of carbonyl (C=O) groups is 1. The fourth-order valence-electron chi connectivity index (χ4n) is 3.12. The number of rotatable bonds is 11. The summed E-state index contributed by atoms with van der Waals surface area (Å²) in [6, 6.07) is 19.0. The van der Waals surface area contributed by atoms with Crippen molar-refractivity contribution in [3.63, 3.8) is 0 Å². The van der Waals surface area contributed by atoms with Crippen LogP contribution in [-0.2, 0) is 4.79 Å². The molecule has 0 aliphatic carbocycles. The van der Waals surface area contributed by atoms with Crippen LogP contribution in [0.2, 0.25) is 0 Å². The van der Waals surface area contributed by atoms with Crippen molar-refractivity contribution in [2.45, 2.75) is 22.8 Å². The third kappa shape index (κ3) is 7.01. The average molecular weight is 510 g/mol. The first kappa shape index (κ1) is 26.1. The average Bonchev–Trinajstić information content (AvgIpc) is 2.88. The molecule has 6 nitrogen and oxygen atoms in total. The molecule has 0 radical (unpaired) electrons. The molecule has 0 heterocycles. The Balaban J connectivity index is 1.77. The van der Waals surface area contributed by atoms with Crippen molar-refractivity contribution < 1.29 is 18.7 Å². The van der Waals surface area contributed by atoms with E-state index in [0.29, 0.717) is 27.5 Å². The van der Waals surface area contributed by atoms with Crippen LogP contribution in [0.1, 0.15) is 24.2 Å². The van der Waals surface area contributed by atoms with Crippen LogP contribution in [0, 0.1) is 17.1 Å². The number of halogens is 1. The topological polar surface area (TPSA) is 83.7 Å². The second kappa shape index (κ2) is 12.8. The van der Waals surface area contributed by atoms with E-state index in [-0.39, 0.29) is 17.5 Å². The molecule has 9 heteroatoms. The van der Waals surface area contributed by atoms with Crippen molar-refractivity contribution in [3.05, 3.63) is 77.6 Å². The number of nitriles is 1. The Morgan fingerprint density at radius 1 is 1.17 bits per heavy atom. The van der Waals surface area contributed by atoms with E-state index < -0.39 is 11.9 Å². The van der Waals surface area contributed by atoms with E-state index in [0.717, 1.165) is 10.6 Å². The fraction of sp³-hybridized carbons (Fsp3) is 0.192. The van der Waals surface area contributed by atoms with Gasteiger partial charge in [0.25, 0.3) is 5.91 Å². The highest BCUT2D eigenvalue weighted by Crippen LogP contribution is 2.35. The normalized spacial score (nSPS) is 11.3. The largest absolute Gasteiger partial charge is 0.494 e. The highest BCUT2D eigenvalue weighted by molar-refractivity contribution is 7.99. The Labute approximate surface area is 212 Å². The van der Waals surface area contributed by atoms with Crippen LogP contribution >= 0.6 is 23.5 Å². The highest BCUT2D eigenvalue weighted by Gasteiger charge is 2.23. The Morgan fingerprint density at radius 3 is 2.49 bits per heavy atom. The van der Waals surface area contributed by atoms with Gasteiger partial charge < -0.3 is 14.8 Å². The molecule has 1 N–H and O–H groups in total. The number of aliphatic imine (C=N–C) groups is 1. The van der Waals surface area contributed by atoms with Gasteiger partial charge in [0, 0.05) is 21.4 Å². The first-order chi connectivity index (χ1) is 17.0. The number of nitrogens with zero attached hydrogens (tertiary/aromatic N) is 2. The van der Waals surface area contributed by atoms with E-state index in [1.54, 1.807) is 36.0 Å². The van der Waals surface area contributed by atoms with Gasteiger partial charge in [0.05, 0.1) is 30.3 Å². The number of carbonyl (C=O) groups excluding carboxylic acids is 1. The second-order valence-electron chi connectivity index (χ2n) is 7.08.